The average Bonchev–Trinajstić information content (AvgIpc) is 2.71. The molecule has 30 heavy (non-hydrogen) atoms. The second kappa shape index (κ2) is 7.68. The van der Waals surface area contributed by atoms with Gasteiger partial charge in [0.1, 0.15) is 5.82 Å². The molecule has 2 aromatic carbocycles. The third-order valence-electron chi connectivity index (χ3n) is 5.38. The number of hydrogen-bond acceptors (Lipinski definition) is 2. The fraction of sp³-hybridized carbons (Fsp3) is 0.238. The van der Waals surface area contributed by atoms with Gasteiger partial charge in [0.25, 0.3) is 5.56 Å². The van der Waals surface area contributed by atoms with Gasteiger partial charge >= 0.3 is 6.03 Å². The number of anilines is 1. The van der Waals surface area contributed by atoms with Gasteiger partial charge in [-0.25, -0.2) is 18.0 Å². The molecule has 0 saturated carbocycles. The van der Waals surface area contributed by atoms with Gasteiger partial charge in [-0.1, -0.05) is 11.6 Å². The Morgan fingerprint density at radius 1 is 1.13 bits per heavy atom. The third-order valence-corrected chi connectivity index (χ3v) is 5.67. The summed E-state index contributed by atoms with van der Waals surface area (Å²) < 4.78 is 41.0. The van der Waals surface area contributed by atoms with Gasteiger partial charge in [-0.3, -0.25) is 4.79 Å². The average molecular weight is 436 g/mol. The molecule has 0 radical (unpaired) electrons. The summed E-state index contributed by atoms with van der Waals surface area (Å²) in [7, 11) is 1.57. The second-order valence-corrected chi connectivity index (χ2v) is 7.64. The van der Waals surface area contributed by atoms with Crippen LogP contribution >= 0.6 is 11.6 Å². The van der Waals surface area contributed by atoms with E-state index in [9.17, 15) is 22.8 Å². The molecule has 0 unspecified atom stereocenters. The van der Waals surface area contributed by atoms with Crippen molar-refractivity contribution in [3.63, 3.8) is 0 Å². The van der Waals surface area contributed by atoms with E-state index in [0.717, 1.165) is 18.2 Å². The molecule has 156 valence electrons. The van der Waals surface area contributed by atoms with E-state index >= 15 is 0 Å². The van der Waals surface area contributed by atoms with Crippen molar-refractivity contribution < 1.29 is 18.0 Å². The first kappa shape index (κ1) is 20.3. The molecule has 0 saturated heterocycles. The number of urea groups is 1. The maximum atomic E-state index is 14.0. The summed E-state index contributed by atoms with van der Waals surface area (Å²) in [6.07, 6.45) is 1.82. The number of fused-ring (bicyclic) bond motifs is 3. The molecule has 0 aliphatic heterocycles. The van der Waals surface area contributed by atoms with Crippen molar-refractivity contribution in [3.05, 3.63) is 74.4 Å². The van der Waals surface area contributed by atoms with E-state index in [1.54, 1.807) is 7.05 Å². The predicted octanol–water partition coefficient (Wildman–Crippen LogP) is 5.14. The Bertz CT molecular complexity index is 1230. The fourth-order valence-corrected chi connectivity index (χ4v) is 4.08. The lowest BCUT2D eigenvalue weighted by molar-refractivity contribution is 0.197. The lowest BCUT2D eigenvalue weighted by Crippen LogP contribution is -2.37. The lowest BCUT2D eigenvalue weighted by atomic mass is 9.87. The van der Waals surface area contributed by atoms with Crippen LogP contribution in [0.4, 0.5) is 23.7 Å². The summed E-state index contributed by atoms with van der Waals surface area (Å²) >= 11 is 5.76. The van der Waals surface area contributed by atoms with Crippen LogP contribution in [0.5, 0.6) is 0 Å². The summed E-state index contributed by atoms with van der Waals surface area (Å²) in [5.41, 5.74) is 0.994. The fourth-order valence-electron chi connectivity index (χ4n) is 3.90. The number of amides is 2. The maximum absolute atomic E-state index is 14.0. The molecule has 1 aliphatic rings. The monoisotopic (exact) mass is 435 g/mol. The number of aromatic amines is 1. The summed E-state index contributed by atoms with van der Waals surface area (Å²) in [5, 5.41) is 2.83. The minimum atomic E-state index is -1.11. The highest BCUT2D eigenvalue weighted by Crippen LogP contribution is 2.37. The van der Waals surface area contributed by atoms with E-state index in [1.165, 1.54) is 17.0 Å². The predicted molar refractivity (Wildman–Crippen MR) is 108 cm³/mol. The lowest BCUT2D eigenvalue weighted by Gasteiger charge is -2.34. The van der Waals surface area contributed by atoms with E-state index < -0.39 is 35.1 Å². The van der Waals surface area contributed by atoms with Gasteiger partial charge in [-0.2, -0.15) is 0 Å². The first-order valence-corrected chi connectivity index (χ1v) is 9.66. The number of carbonyl (C=O) groups is 1. The number of H-pyrrole nitrogens is 1. The molecule has 2 amide bonds. The van der Waals surface area contributed by atoms with Crippen LogP contribution in [0, 0.1) is 17.5 Å². The number of rotatable bonds is 2. The van der Waals surface area contributed by atoms with Crippen molar-refractivity contribution in [2.45, 2.75) is 25.3 Å². The van der Waals surface area contributed by atoms with Crippen molar-refractivity contribution >= 4 is 34.1 Å². The quantitative estimate of drug-likeness (QED) is 0.585. The van der Waals surface area contributed by atoms with E-state index in [2.05, 4.69) is 10.3 Å². The van der Waals surface area contributed by atoms with Crippen LogP contribution in [0.3, 0.4) is 0 Å². The summed E-state index contributed by atoms with van der Waals surface area (Å²) in [6.45, 7) is 0. The SMILES string of the molecule is CN(C(=O)Nc1ccc(F)c(Cl)c1)[C@H]1CCCc2[nH]c(=O)c3cc(F)c(F)cc3c21. The number of benzene rings is 2. The zero-order chi connectivity index (χ0) is 21.6. The van der Waals surface area contributed by atoms with E-state index in [4.69, 9.17) is 11.6 Å². The van der Waals surface area contributed by atoms with Crippen molar-refractivity contribution in [1.82, 2.24) is 9.88 Å². The number of pyridine rings is 1. The number of aryl methyl sites for hydroxylation is 1. The van der Waals surface area contributed by atoms with E-state index in [1.807, 2.05) is 0 Å². The zero-order valence-electron chi connectivity index (χ0n) is 15.9. The standard InChI is InChI=1S/C21H17ClF3N3O2/c1-28(21(30)26-10-5-6-14(23)13(22)7-10)18-4-2-3-17-19(18)11-8-15(24)16(25)9-12(11)20(29)27-17/h5-9,18H,2-4H2,1H3,(H,26,30)(H,27,29)/t18-/m0/s1. The first-order chi connectivity index (χ1) is 14.3. The molecular formula is C21H17ClF3N3O2. The van der Waals surface area contributed by atoms with Gasteiger partial charge in [0.2, 0.25) is 0 Å². The minimum absolute atomic E-state index is 0.0266. The number of nitrogens with one attached hydrogen (secondary N) is 2. The maximum Gasteiger partial charge on any atom is 0.322 e. The highest BCUT2D eigenvalue weighted by atomic mass is 35.5. The molecule has 2 N–H and O–H groups in total. The summed E-state index contributed by atoms with van der Waals surface area (Å²) in [4.78, 5) is 29.3. The smallest absolute Gasteiger partial charge is 0.322 e. The van der Waals surface area contributed by atoms with Crippen LogP contribution in [0.15, 0.2) is 35.1 Å². The Morgan fingerprint density at radius 2 is 1.83 bits per heavy atom. The van der Waals surface area contributed by atoms with E-state index in [-0.39, 0.29) is 15.8 Å². The van der Waals surface area contributed by atoms with Gasteiger partial charge in [0.05, 0.1) is 16.5 Å². The highest BCUT2D eigenvalue weighted by Gasteiger charge is 2.30. The van der Waals surface area contributed by atoms with Crippen LogP contribution < -0.4 is 10.9 Å². The molecule has 4 rings (SSSR count). The number of carbonyl (C=O) groups excluding carboxylic acids is 1. The van der Waals surface area contributed by atoms with Crippen LogP contribution in [0.25, 0.3) is 10.8 Å². The minimum Gasteiger partial charge on any atom is -0.325 e. The zero-order valence-corrected chi connectivity index (χ0v) is 16.6. The molecule has 5 nitrogen and oxygen atoms in total. The Balaban J connectivity index is 1.73. The highest BCUT2D eigenvalue weighted by molar-refractivity contribution is 6.31. The van der Waals surface area contributed by atoms with Crippen LogP contribution in [0.2, 0.25) is 5.02 Å². The van der Waals surface area contributed by atoms with Gasteiger partial charge in [-0.05, 0) is 55.0 Å². The van der Waals surface area contributed by atoms with E-state index in [0.29, 0.717) is 36.2 Å². The molecule has 3 aromatic rings. The van der Waals surface area contributed by atoms with Crippen LogP contribution in [-0.4, -0.2) is 23.0 Å². The number of aromatic nitrogens is 1. The topological polar surface area (TPSA) is 65.2 Å². The number of halogens is 4. The molecular weight excluding hydrogens is 419 g/mol. The van der Waals surface area contributed by atoms with Gasteiger partial charge in [-0.15, -0.1) is 0 Å². The Morgan fingerprint density at radius 3 is 2.53 bits per heavy atom. The van der Waals surface area contributed by atoms with Gasteiger partial charge in [0, 0.05) is 24.0 Å². The summed E-state index contributed by atoms with van der Waals surface area (Å²) in [6, 6.07) is 4.73. The van der Waals surface area contributed by atoms with Crippen molar-refractivity contribution in [2.75, 3.05) is 12.4 Å². The molecule has 1 aromatic heterocycles. The largest absolute Gasteiger partial charge is 0.325 e. The molecule has 0 fully saturated rings. The second-order valence-electron chi connectivity index (χ2n) is 7.24. The molecule has 0 spiro atoms. The third kappa shape index (κ3) is 3.52. The molecule has 1 heterocycles. The van der Waals surface area contributed by atoms with Crippen LogP contribution in [-0.2, 0) is 6.42 Å². The molecule has 1 aliphatic carbocycles. The van der Waals surface area contributed by atoms with Gasteiger partial charge < -0.3 is 15.2 Å². The van der Waals surface area contributed by atoms with Crippen molar-refractivity contribution in [3.8, 4) is 0 Å². The summed E-state index contributed by atoms with van der Waals surface area (Å²) in [5.74, 6) is -2.78. The number of hydrogen-bond donors (Lipinski definition) is 2. The Kier molecular flexibility index (Phi) is 5.19. The molecule has 0 bridgehead atoms. The normalized spacial score (nSPS) is 15.7. The Hall–Kier alpha value is -3.00. The van der Waals surface area contributed by atoms with Crippen molar-refractivity contribution in [1.29, 1.82) is 0 Å². The first-order valence-electron chi connectivity index (χ1n) is 9.29. The van der Waals surface area contributed by atoms with Crippen molar-refractivity contribution in [2.24, 2.45) is 0 Å². The molecule has 1 atom stereocenters. The van der Waals surface area contributed by atoms with Gasteiger partial charge in [0.15, 0.2) is 11.6 Å². The van der Waals surface area contributed by atoms with Crippen LogP contribution in [0.1, 0.15) is 30.1 Å². The number of nitrogens with zero attached hydrogens (tertiary/aromatic N) is 1. The molecule has 9 heteroatoms. The Labute approximate surface area is 174 Å².